The van der Waals surface area contributed by atoms with E-state index < -0.39 is 12.0 Å². The number of rotatable bonds is 6. The number of amides is 1. The zero-order valence-corrected chi connectivity index (χ0v) is 14.8. The number of carboxylic acids is 1. The number of ether oxygens (including phenoxy) is 1. The largest absolute Gasteiger partial charge is 0.481 e. The second-order valence-electron chi connectivity index (χ2n) is 6.01. The van der Waals surface area contributed by atoms with E-state index in [0.29, 0.717) is 36.2 Å². The molecule has 1 fully saturated rings. The molecule has 1 N–H and O–H groups in total. The lowest BCUT2D eigenvalue weighted by Gasteiger charge is -2.34. The molecule has 1 saturated heterocycles. The van der Waals surface area contributed by atoms with Gasteiger partial charge in [-0.2, -0.15) is 0 Å². The Morgan fingerprint density at radius 2 is 2.15 bits per heavy atom. The minimum Gasteiger partial charge on any atom is -0.481 e. The molecule has 8 heteroatoms. The smallest absolute Gasteiger partial charge is 0.305 e. The minimum atomic E-state index is -0.949. The molecule has 0 radical (unpaired) electrons. The summed E-state index contributed by atoms with van der Waals surface area (Å²) in [4.78, 5) is 29.2. The summed E-state index contributed by atoms with van der Waals surface area (Å²) in [7, 11) is 0. The molecule has 1 aromatic carbocycles. The summed E-state index contributed by atoms with van der Waals surface area (Å²) in [6.07, 6.45) is 1.99. The van der Waals surface area contributed by atoms with Gasteiger partial charge in [-0.3, -0.25) is 9.59 Å². The van der Waals surface area contributed by atoms with Crippen LogP contribution in [0.2, 0.25) is 5.02 Å². The number of carbonyl (C=O) groups excluding carboxylic acids is 1. The second kappa shape index (κ2) is 8.33. The number of hydrogen-bond donors (Lipinski definition) is 1. The van der Waals surface area contributed by atoms with Gasteiger partial charge in [-0.15, -0.1) is 0 Å². The lowest BCUT2D eigenvalue weighted by atomic mass is 10.1. The highest BCUT2D eigenvalue weighted by Crippen LogP contribution is 2.28. The maximum absolute atomic E-state index is 12.5. The van der Waals surface area contributed by atoms with Crippen LogP contribution in [0.3, 0.4) is 0 Å². The number of nitrogens with zero attached hydrogens (tertiary/aromatic N) is 2. The third-order valence-electron chi connectivity index (χ3n) is 4.20. The Morgan fingerprint density at radius 3 is 2.92 bits per heavy atom. The van der Waals surface area contributed by atoms with Crippen molar-refractivity contribution in [1.82, 2.24) is 9.88 Å². The van der Waals surface area contributed by atoms with Gasteiger partial charge in [0.2, 0.25) is 5.91 Å². The lowest BCUT2D eigenvalue weighted by molar-refractivity contribution is -0.146. The van der Waals surface area contributed by atoms with Crippen molar-refractivity contribution in [2.75, 3.05) is 19.8 Å². The topological polar surface area (TPSA) is 92.9 Å². The van der Waals surface area contributed by atoms with Crippen LogP contribution >= 0.6 is 11.6 Å². The number of carboxylic acid groups (broad SMARTS) is 1. The van der Waals surface area contributed by atoms with Crippen molar-refractivity contribution in [2.24, 2.45) is 0 Å². The maximum atomic E-state index is 12.5. The van der Waals surface area contributed by atoms with Gasteiger partial charge < -0.3 is 19.2 Å². The van der Waals surface area contributed by atoms with Crippen molar-refractivity contribution in [3.63, 3.8) is 0 Å². The van der Waals surface area contributed by atoms with Crippen LogP contribution in [0.5, 0.6) is 0 Å². The lowest BCUT2D eigenvalue weighted by Crippen LogP contribution is -2.49. The minimum absolute atomic E-state index is 0.124. The Kier molecular flexibility index (Phi) is 5.90. The molecule has 26 heavy (non-hydrogen) atoms. The van der Waals surface area contributed by atoms with Gasteiger partial charge in [-0.05, 0) is 12.1 Å². The van der Waals surface area contributed by atoms with Gasteiger partial charge >= 0.3 is 5.97 Å². The van der Waals surface area contributed by atoms with Crippen molar-refractivity contribution in [3.05, 3.63) is 41.4 Å². The number of carbonyl (C=O) groups is 2. The van der Waals surface area contributed by atoms with Crippen molar-refractivity contribution in [1.29, 1.82) is 0 Å². The van der Waals surface area contributed by atoms with E-state index in [0.717, 1.165) is 5.56 Å². The predicted octanol–water partition coefficient (Wildman–Crippen LogP) is 2.63. The van der Waals surface area contributed by atoms with E-state index in [1.807, 2.05) is 18.2 Å². The summed E-state index contributed by atoms with van der Waals surface area (Å²) in [6, 6.07) is 6.86. The molecule has 0 saturated carbocycles. The molecular weight excluding hydrogens is 360 g/mol. The molecule has 2 heterocycles. The van der Waals surface area contributed by atoms with E-state index in [4.69, 9.17) is 25.9 Å². The van der Waals surface area contributed by atoms with E-state index in [9.17, 15) is 9.59 Å². The molecule has 2 aromatic rings. The van der Waals surface area contributed by atoms with Gasteiger partial charge in [0.25, 0.3) is 0 Å². The summed E-state index contributed by atoms with van der Waals surface area (Å²) >= 11 is 6.15. The fourth-order valence-electron chi connectivity index (χ4n) is 2.92. The second-order valence-corrected chi connectivity index (χ2v) is 6.42. The van der Waals surface area contributed by atoms with Crippen LogP contribution in [0.15, 0.2) is 34.9 Å². The Hall–Kier alpha value is -2.38. The number of halogens is 1. The zero-order chi connectivity index (χ0) is 18.5. The summed E-state index contributed by atoms with van der Waals surface area (Å²) in [5.41, 5.74) is 0.744. The van der Waals surface area contributed by atoms with Crippen LogP contribution in [0.4, 0.5) is 0 Å². The quantitative estimate of drug-likeness (QED) is 0.830. The van der Waals surface area contributed by atoms with E-state index in [-0.39, 0.29) is 25.4 Å². The maximum Gasteiger partial charge on any atom is 0.305 e. The first-order chi connectivity index (χ1) is 12.5. The van der Waals surface area contributed by atoms with Gasteiger partial charge in [0, 0.05) is 24.9 Å². The molecule has 1 unspecified atom stereocenters. The average Bonchev–Trinajstić information content (AvgIpc) is 3.09. The van der Waals surface area contributed by atoms with Crippen molar-refractivity contribution in [3.8, 4) is 11.3 Å². The number of aryl methyl sites for hydroxylation is 1. The fourth-order valence-corrected chi connectivity index (χ4v) is 3.15. The van der Waals surface area contributed by atoms with Gasteiger partial charge in [0.15, 0.2) is 11.7 Å². The number of hydrogen-bond acceptors (Lipinski definition) is 5. The first-order valence-electron chi connectivity index (χ1n) is 8.33. The highest BCUT2D eigenvalue weighted by Gasteiger charge is 2.29. The Balaban J connectivity index is 1.61. The normalized spacial score (nSPS) is 17.3. The van der Waals surface area contributed by atoms with Crippen LogP contribution in [-0.2, 0) is 20.7 Å². The fraction of sp³-hybridized carbons (Fsp3) is 0.389. The molecule has 1 aromatic heterocycles. The van der Waals surface area contributed by atoms with Crippen LogP contribution in [-0.4, -0.2) is 52.7 Å². The summed E-state index contributed by atoms with van der Waals surface area (Å²) < 4.78 is 11.0. The summed E-state index contributed by atoms with van der Waals surface area (Å²) in [5.74, 6) is -0.0862. The number of oxazole rings is 1. The number of morpholine rings is 1. The molecule has 0 aliphatic carbocycles. The van der Waals surface area contributed by atoms with Crippen molar-refractivity contribution >= 4 is 23.5 Å². The van der Waals surface area contributed by atoms with Crippen molar-refractivity contribution in [2.45, 2.75) is 25.3 Å². The molecule has 138 valence electrons. The molecule has 1 aliphatic heterocycles. The van der Waals surface area contributed by atoms with E-state index in [1.54, 1.807) is 17.2 Å². The Labute approximate surface area is 155 Å². The van der Waals surface area contributed by atoms with E-state index in [2.05, 4.69) is 4.98 Å². The van der Waals surface area contributed by atoms with Crippen LogP contribution in [0, 0.1) is 0 Å². The van der Waals surface area contributed by atoms with Gasteiger partial charge in [0.1, 0.15) is 0 Å². The number of aromatic nitrogens is 1. The summed E-state index contributed by atoms with van der Waals surface area (Å²) in [6.45, 7) is 1.05. The third-order valence-corrected chi connectivity index (χ3v) is 4.53. The SMILES string of the molecule is O=C(O)CC1COCCN1C(=O)CCc1ncc(-c2ccccc2Cl)o1. The monoisotopic (exact) mass is 378 g/mol. The third kappa shape index (κ3) is 4.42. The molecule has 1 aliphatic rings. The summed E-state index contributed by atoms with van der Waals surface area (Å²) in [5, 5.41) is 9.54. The Morgan fingerprint density at radius 1 is 1.35 bits per heavy atom. The first-order valence-corrected chi connectivity index (χ1v) is 8.71. The highest BCUT2D eigenvalue weighted by atomic mass is 35.5. The average molecular weight is 379 g/mol. The standard InChI is InChI=1S/C18H19ClN2O5/c19-14-4-2-1-3-13(14)15-10-20-16(26-15)5-6-17(22)21-7-8-25-11-12(21)9-18(23)24/h1-4,10,12H,5-9,11H2,(H,23,24). The number of benzene rings is 1. The molecule has 0 spiro atoms. The van der Waals surface area contributed by atoms with Crippen LogP contribution < -0.4 is 0 Å². The predicted molar refractivity (Wildman–Crippen MR) is 93.8 cm³/mol. The van der Waals surface area contributed by atoms with Crippen LogP contribution in [0.25, 0.3) is 11.3 Å². The van der Waals surface area contributed by atoms with Gasteiger partial charge in [0.05, 0.1) is 36.9 Å². The molecular formula is C18H19ClN2O5. The first kappa shape index (κ1) is 18.4. The molecule has 1 atom stereocenters. The molecule has 3 rings (SSSR count). The number of aliphatic carboxylic acids is 1. The van der Waals surface area contributed by atoms with Crippen LogP contribution in [0.1, 0.15) is 18.7 Å². The Bertz CT molecular complexity index is 791. The van der Waals surface area contributed by atoms with E-state index in [1.165, 1.54) is 0 Å². The zero-order valence-electron chi connectivity index (χ0n) is 14.1. The van der Waals surface area contributed by atoms with Gasteiger partial charge in [-0.1, -0.05) is 23.7 Å². The van der Waals surface area contributed by atoms with E-state index >= 15 is 0 Å². The van der Waals surface area contributed by atoms with Crippen molar-refractivity contribution < 1.29 is 23.8 Å². The molecule has 7 nitrogen and oxygen atoms in total. The molecule has 0 bridgehead atoms. The highest BCUT2D eigenvalue weighted by molar-refractivity contribution is 6.33. The molecule has 1 amide bonds. The van der Waals surface area contributed by atoms with Gasteiger partial charge in [-0.25, -0.2) is 4.98 Å².